The van der Waals surface area contributed by atoms with Gasteiger partial charge >= 0.3 is 0 Å². The lowest BCUT2D eigenvalue weighted by Crippen LogP contribution is -2.33. The largest absolute Gasteiger partial charge is 0.355 e. The Bertz CT molecular complexity index is 5440. The summed E-state index contributed by atoms with van der Waals surface area (Å²) in [5, 5.41) is 6.24. The van der Waals surface area contributed by atoms with E-state index in [2.05, 4.69) is 379 Å². The monoisotopic (exact) mass is 1200 g/mol. The maximum Gasteiger partial charge on any atom is 0.0755 e. The van der Waals surface area contributed by atoms with E-state index in [9.17, 15) is 0 Å². The summed E-state index contributed by atoms with van der Waals surface area (Å²) in [6, 6.07) is 136. The van der Waals surface area contributed by atoms with E-state index in [1.54, 1.807) is 0 Å². The molecule has 2 heterocycles. The summed E-state index contributed by atoms with van der Waals surface area (Å²) in [5.74, 6) is 0. The van der Waals surface area contributed by atoms with Crippen LogP contribution in [0.3, 0.4) is 0 Å². The summed E-state index contributed by atoms with van der Waals surface area (Å²) in [7, 11) is 0. The molecule has 0 fully saturated rings. The molecule has 16 aromatic rings. The van der Waals surface area contributed by atoms with Crippen molar-refractivity contribution in [1.82, 2.24) is 4.57 Å². The smallest absolute Gasteiger partial charge is 0.0755 e. The molecule has 0 bridgehead atoms. The Labute approximate surface area is 549 Å². The van der Waals surface area contributed by atoms with Gasteiger partial charge in [0.25, 0.3) is 0 Å². The van der Waals surface area contributed by atoms with E-state index in [1.807, 2.05) is 12.1 Å². The molecule has 0 saturated carbocycles. The molecule has 94 heavy (non-hydrogen) atoms. The van der Waals surface area contributed by atoms with Crippen molar-refractivity contribution in [2.75, 3.05) is 10.2 Å². The number of nitrogens with zero attached hydrogens (tertiary/aromatic N) is 2. The van der Waals surface area contributed by atoms with Gasteiger partial charge < -0.3 is 14.8 Å². The van der Waals surface area contributed by atoms with Crippen LogP contribution in [0.2, 0.25) is 0 Å². The first kappa shape index (κ1) is 55.7. The highest BCUT2D eigenvalue weighted by Gasteiger charge is 2.51. The molecule has 0 radical (unpaired) electrons. The molecule has 1 spiro atoms. The summed E-state index contributed by atoms with van der Waals surface area (Å²) in [5.41, 5.74) is 30.8. The first-order valence-corrected chi connectivity index (χ1v) is 32.4. The number of hydrogen-bond donors (Lipinski definition) is 1. The fourth-order valence-corrected chi connectivity index (χ4v) is 14.9. The Morgan fingerprint density at radius 1 is 0.245 bits per heavy atom. The lowest BCUT2D eigenvalue weighted by molar-refractivity contribution is 0.748. The van der Waals surface area contributed by atoms with Gasteiger partial charge in [0.15, 0.2) is 0 Å². The summed E-state index contributed by atoms with van der Waals surface area (Å²) in [4.78, 5) is 2.51. The zero-order valence-electron chi connectivity index (χ0n) is 51.7. The number of aromatic nitrogens is 1. The highest BCUT2D eigenvalue weighted by atomic mass is 15.1. The molecule has 1 atom stereocenters. The van der Waals surface area contributed by atoms with Crippen molar-refractivity contribution in [2.24, 2.45) is 0 Å². The van der Waals surface area contributed by atoms with Gasteiger partial charge in [-0.25, -0.2) is 0 Å². The van der Waals surface area contributed by atoms with Gasteiger partial charge in [-0.15, -0.1) is 0 Å². The van der Waals surface area contributed by atoms with Crippen molar-refractivity contribution in [3.63, 3.8) is 0 Å². The fraction of sp³-hybridized carbons (Fsp3) is 0.0110. The molecule has 1 aliphatic heterocycles. The molecule has 1 unspecified atom stereocenters. The van der Waals surface area contributed by atoms with Crippen LogP contribution >= 0.6 is 0 Å². The molecule has 0 saturated heterocycles. The second kappa shape index (κ2) is 23.8. The van der Waals surface area contributed by atoms with Crippen molar-refractivity contribution < 1.29 is 0 Å². The highest BCUT2D eigenvalue weighted by Crippen LogP contribution is 2.62. The minimum atomic E-state index is -0.570. The average Bonchev–Trinajstić information content (AvgIpc) is 1.48. The summed E-state index contributed by atoms with van der Waals surface area (Å²) in [6.45, 7) is 0. The Morgan fingerprint density at radius 2 is 0.628 bits per heavy atom. The van der Waals surface area contributed by atoms with Gasteiger partial charge in [0.05, 0.1) is 33.5 Å². The van der Waals surface area contributed by atoms with E-state index in [1.165, 1.54) is 122 Å². The Kier molecular flexibility index (Phi) is 14.1. The van der Waals surface area contributed by atoms with Crippen LogP contribution in [0.15, 0.2) is 376 Å². The number of fused-ring (bicyclic) bond motifs is 12. The van der Waals surface area contributed by atoms with Crippen molar-refractivity contribution in [3.8, 4) is 83.6 Å². The van der Waals surface area contributed by atoms with E-state index in [-0.39, 0.29) is 0 Å². The molecule has 3 nitrogen and oxygen atoms in total. The van der Waals surface area contributed by atoms with Gasteiger partial charge in [-0.1, -0.05) is 328 Å². The molecule has 0 amide bonds. The Balaban J connectivity index is 0.000000182. The zero-order chi connectivity index (χ0) is 62.4. The molecular weight excluding hydrogens is 1140 g/mol. The van der Waals surface area contributed by atoms with Crippen molar-refractivity contribution in [3.05, 3.63) is 398 Å². The van der Waals surface area contributed by atoms with Crippen molar-refractivity contribution in [2.45, 2.75) is 5.41 Å². The van der Waals surface area contributed by atoms with Crippen molar-refractivity contribution in [1.29, 1.82) is 0 Å². The van der Waals surface area contributed by atoms with Gasteiger partial charge in [-0.3, -0.25) is 0 Å². The molecule has 442 valence electrons. The topological polar surface area (TPSA) is 20.2 Å². The Morgan fingerprint density at radius 3 is 1.21 bits per heavy atom. The van der Waals surface area contributed by atoms with Gasteiger partial charge in [0.1, 0.15) is 0 Å². The van der Waals surface area contributed by atoms with Gasteiger partial charge in [0.2, 0.25) is 0 Å². The van der Waals surface area contributed by atoms with Crippen LogP contribution in [0.5, 0.6) is 0 Å². The van der Waals surface area contributed by atoms with E-state index in [0.29, 0.717) is 0 Å². The summed E-state index contributed by atoms with van der Waals surface area (Å²) in [6.07, 6.45) is 0. The minimum absolute atomic E-state index is 0.570. The molecule has 1 aliphatic carbocycles. The van der Waals surface area contributed by atoms with Crippen LogP contribution in [0, 0.1) is 0 Å². The molecule has 1 aromatic heterocycles. The maximum absolute atomic E-state index is 3.68. The SMILES string of the molecule is c1ccc(-c2ccc(-c3ccccc3N(c3ccc4c(c3)C3(c5ccccc5-4)c4ccccc4-n4c5ccccc5c5cccc3c54)c3ccccc3-c3ccccc3)cc2)cc1.c1ccc(-c2ccc(-c3ccccc3Nc3ccccc3-c3ccccc3)cc2)cc1. The number of rotatable bonds is 11. The number of benzene rings is 15. The minimum Gasteiger partial charge on any atom is -0.355 e. The second-order valence-electron chi connectivity index (χ2n) is 24.3. The standard InChI is InChI=1S/C61H40N2.C30H23N/c1-3-18-41(19-4-1)42-34-36-44(37-35-42)47-23-9-14-31-57(47)62(56-30-13-8-22-46(56)43-20-5-2-6-21-43)45-38-39-49-48-24-7-11-27-52(48)61(55(49)40-45)53-28-12-16-33-59(53)63-58-32-15-10-25-50(58)51-26-17-29-54(61)60(51)63;1-3-11-23(12-4-1)24-19-21-26(22-20-24)28-16-8-10-18-30(28)31-29-17-9-7-15-27(29)25-13-5-2-6-14-25/h1-40H;1-22,31H. The van der Waals surface area contributed by atoms with E-state index in [0.717, 1.165) is 34.0 Å². The lowest BCUT2D eigenvalue weighted by atomic mass is 9.65. The van der Waals surface area contributed by atoms with Crippen LogP contribution in [-0.2, 0) is 5.41 Å². The lowest BCUT2D eigenvalue weighted by Gasteiger charge is -2.40. The molecule has 18 rings (SSSR count). The molecular formula is C91H63N3. The summed E-state index contributed by atoms with van der Waals surface area (Å²) < 4.78 is 2.52. The quantitative estimate of drug-likeness (QED) is 0.139. The van der Waals surface area contributed by atoms with E-state index in [4.69, 9.17) is 0 Å². The Hall–Kier alpha value is -12.3. The molecule has 15 aromatic carbocycles. The first-order chi connectivity index (χ1) is 46.7. The normalized spacial score (nSPS) is 13.1. The van der Waals surface area contributed by atoms with Crippen LogP contribution in [-0.4, -0.2) is 4.57 Å². The molecule has 2 aliphatic rings. The predicted octanol–water partition coefficient (Wildman–Crippen LogP) is 24.4. The number of hydrogen-bond acceptors (Lipinski definition) is 2. The van der Waals surface area contributed by atoms with Crippen LogP contribution in [0.1, 0.15) is 22.3 Å². The maximum atomic E-state index is 3.68. The van der Waals surface area contributed by atoms with Crippen LogP contribution in [0.25, 0.3) is 105 Å². The number of anilines is 5. The molecule has 3 heteroatoms. The molecule has 1 N–H and O–H groups in total. The van der Waals surface area contributed by atoms with Crippen LogP contribution in [0.4, 0.5) is 28.4 Å². The third-order valence-corrected chi connectivity index (χ3v) is 19.1. The predicted molar refractivity (Wildman–Crippen MR) is 395 cm³/mol. The number of nitrogens with one attached hydrogen (secondary N) is 1. The second-order valence-corrected chi connectivity index (χ2v) is 24.3. The van der Waals surface area contributed by atoms with Gasteiger partial charge in [-0.05, 0) is 126 Å². The van der Waals surface area contributed by atoms with Crippen LogP contribution < -0.4 is 10.2 Å². The van der Waals surface area contributed by atoms with Crippen molar-refractivity contribution >= 4 is 50.2 Å². The highest BCUT2D eigenvalue weighted by molar-refractivity contribution is 6.13. The fourth-order valence-electron chi connectivity index (χ4n) is 14.9. The number of para-hydroxylation sites is 7. The zero-order valence-corrected chi connectivity index (χ0v) is 51.7. The van der Waals surface area contributed by atoms with E-state index < -0.39 is 5.41 Å². The summed E-state index contributed by atoms with van der Waals surface area (Å²) >= 11 is 0. The average molecular weight is 1200 g/mol. The third-order valence-electron chi connectivity index (χ3n) is 19.1. The third kappa shape index (κ3) is 9.52. The first-order valence-electron chi connectivity index (χ1n) is 32.4. The van der Waals surface area contributed by atoms with Gasteiger partial charge in [0, 0.05) is 50.1 Å². The van der Waals surface area contributed by atoms with E-state index >= 15 is 0 Å². The van der Waals surface area contributed by atoms with Gasteiger partial charge in [-0.2, -0.15) is 0 Å².